The van der Waals surface area contributed by atoms with Gasteiger partial charge in [-0.1, -0.05) is 49.7 Å². The summed E-state index contributed by atoms with van der Waals surface area (Å²) >= 11 is 0. The molecular weight excluding hydrogens is 170 g/mol. The minimum atomic E-state index is 0.292. The molecule has 1 nitrogen and oxygen atoms in total. The van der Waals surface area contributed by atoms with E-state index in [0.29, 0.717) is 5.92 Å². The number of hydrogen-bond acceptors (Lipinski definition) is 1. The smallest absolute Gasteiger partial charge is 0.0655 e. The molecule has 0 aliphatic rings. The van der Waals surface area contributed by atoms with E-state index < -0.39 is 0 Å². The summed E-state index contributed by atoms with van der Waals surface area (Å²) in [5.74, 6) is 0.292. The summed E-state index contributed by atoms with van der Waals surface area (Å²) < 4.78 is 0. The Labute approximate surface area is 87.4 Å². The SMILES string of the molecule is CCC(C#N)CC.Cc1ccccc1. The van der Waals surface area contributed by atoms with Crippen LogP contribution in [0.25, 0.3) is 0 Å². The van der Waals surface area contributed by atoms with Crippen molar-refractivity contribution in [3.63, 3.8) is 0 Å². The maximum absolute atomic E-state index is 8.28. The Hall–Kier alpha value is -1.29. The van der Waals surface area contributed by atoms with Gasteiger partial charge in [0.25, 0.3) is 0 Å². The molecule has 0 saturated carbocycles. The van der Waals surface area contributed by atoms with Crippen LogP contribution in [0.15, 0.2) is 30.3 Å². The molecular formula is C13H19N. The molecule has 0 saturated heterocycles. The fraction of sp³-hybridized carbons (Fsp3) is 0.462. The molecule has 0 fully saturated rings. The molecule has 0 bridgehead atoms. The molecule has 1 rings (SSSR count). The third kappa shape index (κ3) is 6.25. The number of aryl methyl sites for hydroxylation is 1. The Morgan fingerprint density at radius 2 is 1.64 bits per heavy atom. The first kappa shape index (κ1) is 12.7. The van der Waals surface area contributed by atoms with Crippen LogP contribution in [0, 0.1) is 24.2 Å². The van der Waals surface area contributed by atoms with Gasteiger partial charge in [0.2, 0.25) is 0 Å². The molecule has 76 valence electrons. The van der Waals surface area contributed by atoms with E-state index >= 15 is 0 Å². The number of rotatable bonds is 2. The van der Waals surface area contributed by atoms with Gasteiger partial charge in [-0.3, -0.25) is 0 Å². The fourth-order valence-corrected chi connectivity index (χ4v) is 1.01. The quantitative estimate of drug-likeness (QED) is 0.691. The van der Waals surface area contributed by atoms with Gasteiger partial charge in [0.1, 0.15) is 0 Å². The highest BCUT2D eigenvalue weighted by Crippen LogP contribution is 2.03. The Bertz CT molecular complexity index is 254. The molecule has 0 radical (unpaired) electrons. The van der Waals surface area contributed by atoms with Gasteiger partial charge in [0.05, 0.1) is 6.07 Å². The summed E-state index contributed by atoms with van der Waals surface area (Å²) in [4.78, 5) is 0. The van der Waals surface area contributed by atoms with Crippen LogP contribution in [-0.4, -0.2) is 0 Å². The highest BCUT2D eigenvalue weighted by molar-refractivity contribution is 5.11. The average molecular weight is 189 g/mol. The van der Waals surface area contributed by atoms with Gasteiger partial charge >= 0.3 is 0 Å². The first-order valence-corrected chi connectivity index (χ1v) is 5.15. The maximum Gasteiger partial charge on any atom is 0.0655 e. The third-order valence-electron chi connectivity index (χ3n) is 2.11. The van der Waals surface area contributed by atoms with Gasteiger partial charge in [-0.2, -0.15) is 5.26 Å². The lowest BCUT2D eigenvalue weighted by molar-refractivity contribution is 0.620. The molecule has 0 atom stereocenters. The molecule has 1 heteroatoms. The molecule has 1 aromatic rings. The van der Waals surface area contributed by atoms with Crippen molar-refractivity contribution in [2.75, 3.05) is 0 Å². The average Bonchev–Trinajstić information content (AvgIpc) is 2.22. The normalized spacial score (nSPS) is 8.79. The number of nitrogens with zero attached hydrogens (tertiary/aromatic N) is 1. The molecule has 1 aromatic carbocycles. The van der Waals surface area contributed by atoms with E-state index in [0.717, 1.165) is 12.8 Å². The van der Waals surface area contributed by atoms with Crippen LogP contribution in [0.2, 0.25) is 0 Å². The van der Waals surface area contributed by atoms with E-state index in [4.69, 9.17) is 5.26 Å². The second kappa shape index (κ2) is 8.31. The summed E-state index contributed by atoms with van der Waals surface area (Å²) in [5.41, 5.74) is 1.32. The predicted molar refractivity (Wildman–Crippen MR) is 60.9 cm³/mol. The van der Waals surface area contributed by atoms with Crippen molar-refractivity contribution in [3.05, 3.63) is 35.9 Å². The summed E-state index contributed by atoms with van der Waals surface area (Å²) in [6.07, 6.45) is 1.99. The summed E-state index contributed by atoms with van der Waals surface area (Å²) in [6.45, 7) is 6.16. The molecule has 0 unspecified atom stereocenters. The second-order valence-corrected chi connectivity index (χ2v) is 3.30. The van der Waals surface area contributed by atoms with Gasteiger partial charge in [-0.05, 0) is 19.8 Å². The monoisotopic (exact) mass is 189 g/mol. The Morgan fingerprint density at radius 1 is 1.14 bits per heavy atom. The second-order valence-electron chi connectivity index (χ2n) is 3.30. The van der Waals surface area contributed by atoms with Crippen molar-refractivity contribution in [3.8, 4) is 6.07 Å². The van der Waals surface area contributed by atoms with Crippen molar-refractivity contribution in [1.82, 2.24) is 0 Å². The lowest BCUT2D eigenvalue weighted by Crippen LogP contribution is -1.88. The minimum absolute atomic E-state index is 0.292. The van der Waals surface area contributed by atoms with Gasteiger partial charge in [-0.15, -0.1) is 0 Å². The predicted octanol–water partition coefficient (Wildman–Crippen LogP) is 3.94. The van der Waals surface area contributed by atoms with Crippen molar-refractivity contribution >= 4 is 0 Å². The number of benzene rings is 1. The molecule has 0 aliphatic carbocycles. The van der Waals surface area contributed by atoms with Crippen LogP contribution in [-0.2, 0) is 0 Å². The van der Waals surface area contributed by atoms with Gasteiger partial charge < -0.3 is 0 Å². The molecule has 0 spiro atoms. The van der Waals surface area contributed by atoms with Crippen molar-refractivity contribution in [1.29, 1.82) is 5.26 Å². The molecule has 0 N–H and O–H groups in total. The Morgan fingerprint density at radius 3 is 1.79 bits per heavy atom. The van der Waals surface area contributed by atoms with E-state index in [1.54, 1.807) is 0 Å². The molecule has 0 amide bonds. The summed E-state index contributed by atoms with van der Waals surface area (Å²) in [6, 6.07) is 12.5. The topological polar surface area (TPSA) is 23.8 Å². The van der Waals surface area contributed by atoms with E-state index in [1.165, 1.54) is 5.56 Å². The van der Waals surface area contributed by atoms with Crippen molar-refractivity contribution in [2.24, 2.45) is 5.92 Å². The van der Waals surface area contributed by atoms with Crippen LogP contribution < -0.4 is 0 Å². The number of hydrogen-bond donors (Lipinski definition) is 0. The first-order valence-electron chi connectivity index (χ1n) is 5.15. The highest BCUT2D eigenvalue weighted by Gasteiger charge is 1.96. The first-order chi connectivity index (χ1) is 6.74. The van der Waals surface area contributed by atoms with Gasteiger partial charge in [-0.25, -0.2) is 0 Å². The van der Waals surface area contributed by atoms with Crippen LogP contribution in [0.3, 0.4) is 0 Å². The van der Waals surface area contributed by atoms with Crippen LogP contribution in [0.4, 0.5) is 0 Å². The van der Waals surface area contributed by atoms with Crippen molar-refractivity contribution < 1.29 is 0 Å². The lowest BCUT2D eigenvalue weighted by Gasteiger charge is -1.95. The van der Waals surface area contributed by atoms with E-state index in [9.17, 15) is 0 Å². The fourth-order valence-electron chi connectivity index (χ4n) is 1.01. The zero-order valence-corrected chi connectivity index (χ0v) is 9.33. The Balaban J connectivity index is 0.000000241. The van der Waals surface area contributed by atoms with Gasteiger partial charge in [0.15, 0.2) is 0 Å². The standard InChI is InChI=1S/C7H8.C6H11N/c1-7-5-3-2-4-6-7;1-3-6(4-2)5-7/h2-6H,1H3;6H,3-4H2,1-2H3. The zero-order valence-electron chi connectivity index (χ0n) is 9.33. The molecule has 0 heterocycles. The largest absolute Gasteiger partial charge is 0.198 e. The van der Waals surface area contributed by atoms with Gasteiger partial charge in [0, 0.05) is 5.92 Å². The Kier molecular flexibility index (Phi) is 7.55. The van der Waals surface area contributed by atoms with E-state index in [-0.39, 0.29) is 0 Å². The van der Waals surface area contributed by atoms with E-state index in [2.05, 4.69) is 25.1 Å². The number of nitriles is 1. The summed E-state index contributed by atoms with van der Waals surface area (Å²) in [7, 11) is 0. The lowest BCUT2D eigenvalue weighted by atomic mass is 10.1. The maximum atomic E-state index is 8.28. The van der Waals surface area contributed by atoms with Crippen LogP contribution in [0.1, 0.15) is 32.3 Å². The molecule has 0 aromatic heterocycles. The zero-order chi connectivity index (χ0) is 10.8. The summed E-state index contributed by atoms with van der Waals surface area (Å²) in [5, 5.41) is 8.28. The molecule has 14 heavy (non-hydrogen) atoms. The van der Waals surface area contributed by atoms with E-state index in [1.807, 2.05) is 32.0 Å². The third-order valence-corrected chi connectivity index (χ3v) is 2.11. The van der Waals surface area contributed by atoms with Crippen molar-refractivity contribution in [2.45, 2.75) is 33.6 Å². The minimum Gasteiger partial charge on any atom is -0.198 e. The molecule has 0 aliphatic heterocycles. The van der Waals surface area contributed by atoms with Crippen LogP contribution >= 0.6 is 0 Å². The highest BCUT2D eigenvalue weighted by atomic mass is 14.3. The van der Waals surface area contributed by atoms with Crippen LogP contribution in [0.5, 0.6) is 0 Å².